The van der Waals surface area contributed by atoms with E-state index in [0.29, 0.717) is 71.6 Å². The molecule has 0 saturated carbocycles. The van der Waals surface area contributed by atoms with Crippen LogP contribution >= 0.6 is 34.4 Å². The summed E-state index contributed by atoms with van der Waals surface area (Å²) in [5.74, 6) is -3.94. The number of methoxy groups -OCH3 is 2. The molecule has 3 heterocycles. The Morgan fingerprint density at radius 3 is 1.70 bits per heavy atom. The van der Waals surface area contributed by atoms with Crippen LogP contribution in [-0.2, 0) is 44.2 Å². The van der Waals surface area contributed by atoms with Crippen LogP contribution in [0, 0.1) is 17.9 Å². The minimum Gasteiger partial charge on any atom is -0.494 e. The maximum atomic E-state index is 13.7. The lowest BCUT2D eigenvalue weighted by molar-refractivity contribution is -0.120. The van der Waals surface area contributed by atoms with E-state index in [1.807, 2.05) is 37.5 Å². The summed E-state index contributed by atoms with van der Waals surface area (Å²) in [7, 11) is -7.18. The number of carbonyl (C=O) groups excluding carboxylic acids is 6. The van der Waals surface area contributed by atoms with Crippen molar-refractivity contribution in [3.05, 3.63) is 147 Å². The first-order chi connectivity index (χ1) is 48.1. The van der Waals surface area contributed by atoms with Gasteiger partial charge in [-0.2, -0.15) is 42.2 Å². The summed E-state index contributed by atoms with van der Waals surface area (Å²) in [6.45, 7) is 19.8. The number of nitrogens with zero attached hydrogens (tertiary/aromatic N) is 11. The van der Waals surface area contributed by atoms with Crippen LogP contribution < -0.4 is 51.6 Å². The molecule has 9 N–H and O–H groups in total. The molecule has 8 aromatic rings. The first kappa shape index (κ1) is 75.1. The summed E-state index contributed by atoms with van der Waals surface area (Å²) in [4.78, 5) is 96.6. The van der Waals surface area contributed by atoms with Crippen molar-refractivity contribution in [2.24, 2.45) is 26.2 Å². The second kappa shape index (κ2) is 33.3. The van der Waals surface area contributed by atoms with Crippen molar-refractivity contribution in [3.63, 3.8) is 0 Å². The number of primary amides is 1. The molecule has 36 heteroatoms. The third-order valence-corrected chi connectivity index (χ3v) is 19.1. The maximum Gasteiger partial charge on any atom is 0.297 e. The number of ether oxygens (including phenoxy) is 2. The van der Waals surface area contributed by atoms with Crippen molar-refractivity contribution in [2.75, 3.05) is 76.8 Å². The van der Waals surface area contributed by atoms with Gasteiger partial charge in [-0.05, 0) is 138 Å². The van der Waals surface area contributed by atoms with Gasteiger partial charge >= 0.3 is 0 Å². The molecule has 0 aliphatic heterocycles. The van der Waals surface area contributed by atoms with E-state index in [9.17, 15) is 60.0 Å². The predicted molar refractivity (Wildman–Crippen MR) is 383 cm³/mol. The van der Waals surface area contributed by atoms with Gasteiger partial charge in [0, 0.05) is 70.7 Å². The van der Waals surface area contributed by atoms with Crippen LogP contribution in [0.1, 0.15) is 67.2 Å². The molecule has 8 rings (SSSR count). The molecule has 0 bridgehead atoms. The summed E-state index contributed by atoms with van der Waals surface area (Å²) < 4.78 is 83.5. The van der Waals surface area contributed by atoms with Crippen LogP contribution in [0.15, 0.2) is 155 Å². The molecule has 0 radical (unpaired) electrons. The highest BCUT2D eigenvalue weighted by atomic mass is 32.2. The lowest BCUT2D eigenvalue weighted by atomic mass is 10.1. The Labute approximate surface area is 590 Å². The van der Waals surface area contributed by atoms with Crippen LogP contribution in [0.2, 0.25) is 0 Å². The molecule has 4 amide bonds. The van der Waals surface area contributed by atoms with Crippen molar-refractivity contribution in [3.8, 4) is 17.6 Å². The van der Waals surface area contributed by atoms with Crippen molar-refractivity contribution in [2.45, 2.75) is 61.4 Å². The summed E-state index contributed by atoms with van der Waals surface area (Å²) >= 11 is 2.27. The van der Waals surface area contributed by atoms with Gasteiger partial charge in [0.05, 0.1) is 64.5 Å². The van der Waals surface area contributed by atoms with Crippen molar-refractivity contribution in [1.82, 2.24) is 15.0 Å². The summed E-state index contributed by atoms with van der Waals surface area (Å²) in [6.07, 6.45) is 2.63. The topological polar surface area (TPSA) is 439 Å². The van der Waals surface area contributed by atoms with Gasteiger partial charge in [0.2, 0.25) is 29.9 Å². The molecule has 0 spiro atoms. The Morgan fingerprint density at radius 1 is 0.683 bits per heavy atom. The first-order valence-electron chi connectivity index (χ1n) is 29.8. The number of nitrogens with two attached hydrogens (primary N) is 1. The zero-order chi connectivity index (χ0) is 73.5. The average molecular weight is 1460 g/mol. The number of Topliss-reactive ketones (excluding diaryl/α,β-unsaturated/α-hetero) is 2. The molecule has 0 aliphatic carbocycles. The number of carbonyl (C=O) groups is 6. The number of thiophene rings is 2. The number of benzene rings is 5. The molecule has 0 fully saturated rings. The third kappa shape index (κ3) is 18.8. The lowest BCUT2D eigenvalue weighted by Crippen LogP contribution is -2.22. The van der Waals surface area contributed by atoms with Gasteiger partial charge in [0.25, 0.3) is 32.1 Å². The Kier molecular flexibility index (Phi) is 24.8. The zero-order valence-electron chi connectivity index (χ0n) is 54.7. The summed E-state index contributed by atoms with van der Waals surface area (Å²) in [5, 5.41) is 41.9. The predicted octanol–water partition coefficient (Wildman–Crippen LogP) is 13.0. The molecule has 31 nitrogen and oxygen atoms in total. The number of azo groups is 2. The highest BCUT2D eigenvalue weighted by molar-refractivity contribution is 7.99. The fourth-order valence-corrected chi connectivity index (χ4v) is 14.0. The Balaban J connectivity index is 1.27. The van der Waals surface area contributed by atoms with E-state index in [-0.39, 0.29) is 83.6 Å². The number of hydrogen-bond donors (Lipinski definition) is 8. The quantitative estimate of drug-likeness (QED) is 0.00380. The van der Waals surface area contributed by atoms with Crippen LogP contribution in [0.5, 0.6) is 11.5 Å². The second-order valence-corrected chi connectivity index (χ2v) is 26.7. The number of anilines is 9. The smallest absolute Gasteiger partial charge is 0.297 e. The fourth-order valence-electron chi connectivity index (χ4n) is 9.57. The van der Waals surface area contributed by atoms with E-state index < -0.39 is 80.3 Å². The van der Waals surface area contributed by atoms with Gasteiger partial charge in [-0.1, -0.05) is 18.2 Å². The van der Waals surface area contributed by atoms with Gasteiger partial charge in [-0.25, -0.2) is 4.85 Å². The SMILES string of the molecule is [C-]#[N+]c1cc(/C=C(\C(C)=O)C(=O)Nc2cccc(NC=O)c2)sc1N=Nc1cc(OC)c(N(CC)CC)cc1Nc1nc(Nc2cc(N(CC)CC)c(OC)cc2N=Nc2sc(/C=C(/C(C)=O)C(=O)Nc3cccc(C(N)=O)c3)c(S(=O)(=O)O)c2C#N)nc(Sc2cccc(S(=O)(=O)O)c2)n1. The normalized spacial score (nSPS) is 11.7. The number of nitrogens with one attached hydrogen (secondary N) is 5. The molecule has 3 aromatic heterocycles. The second-order valence-electron chi connectivity index (χ2n) is 20.8. The Hall–Kier alpha value is -11.6. The molecule has 0 saturated heterocycles. The maximum absolute atomic E-state index is 13.7. The van der Waals surface area contributed by atoms with Gasteiger partial charge in [-0.15, -0.1) is 38.0 Å². The van der Waals surface area contributed by atoms with E-state index in [2.05, 4.69) is 51.9 Å². The van der Waals surface area contributed by atoms with Crippen molar-refractivity contribution < 1.29 is 64.2 Å². The fraction of sp³-hybridized carbons (Fsp3) is 0.185. The number of aromatic nitrogens is 3. The number of ketones is 2. The van der Waals surface area contributed by atoms with E-state index in [0.717, 1.165) is 36.1 Å². The molecular formula is C65H61N17O14S5. The Morgan fingerprint density at radius 2 is 1.21 bits per heavy atom. The van der Waals surface area contributed by atoms with E-state index in [4.69, 9.17) is 36.7 Å². The molecule has 101 heavy (non-hydrogen) atoms. The number of nitriles is 1. The molecule has 0 unspecified atom stereocenters. The third-order valence-electron chi connectivity index (χ3n) is 14.4. The summed E-state index contributed by atoms with van der Waals surface area (Å²) in [6, 6.07) is 26.5. The molecule has 0 atom stereocenters. The zero-order valence-corrected chi connectivity index (χ0v) is 58.8. The molecule has 0 aliphatic rings. The molecular weight excluding hydrogens is 1400 g/mol. The van der Waals surface area contributed by atoms with E-state index in [1.165, 1.54) is 93.9 Å². The van der Waals surface area contributed by atoms with Gasteiger partial charge < -0.3 is 51.6 Å². The lowest BCUT2D eigenvalue weighted by Gasteiger charge is -2.25. The van der Waals surface area contributed by atoms with Crippen LogP contribution in [-0.4, -0.2) is 117 Å². The Bertz CT molecular complexity index is 5050. The average Bonchev–Trinajstić information content (AvgIpc) is 1.69. The minimum absolute atomic E-state index is 0.00966. The largest absolute Gasteiger partial charge is 0.494 e. The number of hydrogen-bond acceptors (Lipinski definition) is 27. The van der Waals surface area contributed by atoms with Crippen LogP contribution in [0.25, 0.3) is 17.0 Å². The van der Waals surface area contributed by atoms with E-state index in [1.54, 1.807) is 42.5 Å². The van der Waals surface area contributed by atoms with Crippen molar-refractivity contribution in [1.29, 1.82) is 5.26 Å². The van der Waals surface area contributed by atoms with Gasteiger partial charge in [-0.3, -0.25) is 37.9 Å². The monoisotopic (exact) mass is 1460 g/mol. The number of rotatable bonds is 31. The highest BCUT2D eigenvalue weighted by Gasteiger charge is 2.30. The van der Waals surface area contributed by atoms with Crippen LogP contribution in [0.3, 0.4) is 0 Å². The highest BCUT2D eigenvalue weighted by Crippen LogP contribution is 2.47. The standard InChI is InChI=1S/C65H61N17O14S5/c1-10-81(11-2)52-29-47(49(31-54(52)95-8)77-79-61-46(33-66)57(101(92,93)94)56(99-61)28-45(36(6)85)60(88)70-39-19-14-17-37(23-39)58(67)86)72-63-74-64(76-65(75-63)98-41-21-16-22-43(25-41)100(89,90)91)73-48-30-53(82(12-3)13-4)55(96-9)32-50(48)78-80-62-51(68-7)27-42(97-62)26-44(35(5)84)59(87)71-40-20-15-18-38(24-40)69-34-83/h14-32,34H,10-13H2,1-6,8-9H3,(H2,67,86)(H,69,83)(H,70,88)(H,71,87)(H,89,90,91)(H,92,93,94)(H2,72,73,74,75,76)/b44-26+,45-28-,79-77?,80-78?. The first-order valence-corrected chi connectivity index (χ1v) is 35.2. The molecule has 5 aromatic carbocycles. The van der Waals surface area contributed by atoms with Gasteiger partial charge in [0.1, 0.15) is 44.4 Å². The summed E-state index contributed by atoms with van der Waals surface area (Å²) in [5.41, 5.74) is 5.89. The van der Waals surface area contributed by atoms with Crippen molar-refractivity contribution >= 4 is 181 Å². The molecule has 520 valence electrons. The van der Waals surface area contributed by atoms with Crippen LogP contribution in [0.4, 0.5) is 78.8 Å². The van der Waals surface area contributed by atoms with Gasteiger partial charge in [0.15, 0.2) is 21.7 Å². The number of amides is 4. The minimum atomic E-state index is -5.33. The van der Waals surface area contributed by atoms with E-state index >= 15 is 0 Å².